The molecule has 0 atom stereocenters. The van der Waals surface area contributed by atoms with E-state index < -0.39 is 18.8 Å². The normalized spacial score (nSPS) is 33.5. The van der Waals surface area contributed by atoms with Gasteiger partial charge in [0.1, 0.15) is 6.54 Å². The third-order valence-corrected chi connectivity index (χ3v) is 6.75. The molecule has 1 N–H and O–H groups in total. The topological polar surface area (TPSA) is 32.3 Å². The minimum Gasteiger partial charge on any atom is -0.333 e. The van der Waals surface area contributed by atoms with E-state index in [4.69, 9.17) is 0 Å². The van der Waals surface area contributed by atoms with Gasteiger partial charge in [0.05, 0.1) is 0 Å². The molecule has 4 aliphatic rings. The van der Waals surface area contributed by atoms with Crippen LogP contribution in [0.5, 0.6) is 0 Å². The molecule has 4 aliphatic carbocycles. The van der Waals surface area contributed by atoms with Crippen LogP contribution >= 0.6 is 11.3 Å². The fourth-order valence-electron chi connectivity index (χ4n) is 5.59. The summed E-state index contributed by atoms with van der Waals surface area (Å²) in [5.74, 6) is 1.92. The summed E-state index contributed by atoms with van der Waals surface area (Å²) in [6.45, 7) is -1.21. The maximum Gasteiger partial charge on any atom is 0.406 e. The molecule has 1 aromatic heterocycles. The Morgan fingerprint density at radius 2 is 1.80 bits per heavy atom. The molecule has 0 spiro atoms. The maximum absolute atomic E-state index is 13.0. The smallest absolute Gasteiger partial charge is 0.333 e. The lowest BCUT2D eigenvalue weighted by atomic mass is 9.53. The van der Waals surface area contributed by atoms with E-state index in [1.165, 1.54) is 30.6 Å². The van der Waals surface area contributed by atoms with Crippen molar-refractivity contribution in [3.63, 3.8) is 0 Å². The number of thiophene rings is 1. The van der Waals surface area contributed by atoms with Crippen LogP contribution in [-0.4, -0.2) is 29.2 Å². The van der Waals surface area contributed by atoms with Crippen molar-refractivity contribution in [2.24, 2.45) is 17.8 Å². The average Bonchev–Trinajstić information content (AvgIpc) is 2.96. The van der Waals surface area contributed by atoms with Gasteiger partial charge in [0.15, 0.2) is 0 Å². The zero-order valence-corrected chi connectivity index (χ0v) is 14.8. The van der Waals surface area contributed by atoms with E-state index in [0.29, 0.717) is 17.8 Å². The number of hydrogen-bond donors (Lipinski definition) is 1. The third-order valence-electron chi connectivity index (χ3n) is 6.02. The summed E-state index contributed by atoms with van der Waals surface area (Å²) in [5, 5.41) is 6.66. The molecule has 3 nitrogen and oxygen atoms in total. The van der Waals surface area contributed by atoms with Crippen molar-refractivity contribution in [2.45, 2.75) is 56.8 Å². The van der Waals surface area contributed by atoms with E-state index in [9.17, 15) is 18.0 Å². The molecule has 0 aliphatic heterocycles. The molecular formula is C18H23F3N2OS. The second-order valence-corrected chi connectivity index (χ2v) is 9.01. The minimum atomic E-state index is -4.39. The van der Waals surface area contributed by atoms with E-state index in [0.717, 1.165) is 29.7 Å². The number of carbonyl (C=O) groups excluding carboxylic acids is 1. The summed E-state index contributed by atoms with van der Waals surface area (Å²) in [6, 6.07) is 1.21. The Labute approximate surface area is 149 Å². The van der Waals surface area contributed by atoms with Crippen LogP contribution in [-0.2, 0) is 6.54 Å². The van der Waals surface area contributed by atoms with Crippen LogP contribution in [0.25, 0.3) is 0 Å². The first kappa shape index (κ1) is 17.2. The molecule has 1 heterocycles. The quantitative estimate of drug-likeness (QED) is 0.810. The van der Waals surface area contributed by atoms with Crippen molar-refractivity contribution in [1.29, 1.82) is 0 Å². The lowest BCUT2D eigenvalue weighted by molar-refractivity contribution is -0.141. The number of urea groups is 1. The standard InChI is InChI=1S/C18H23F3N2OS/c19-18(20,21)11-23(9-12-1-2-25-10-12)16(24)22-17-6-13-3-14(7-17)5-15(4-13)8-17/h1-2,10,13-15H,3-9,11H2,(H,22,24). The van der Waals surface area contributed by atoms with Gasteiger partial charge >= 0.3 is 12.2 Å². The van der Waals surface area contributed by atoms with Crippen molar-refractivity contribution >= 4 is 17.4 Å². The van der Waals surface area contributed by atoms with Crippen LogP contribution < -0.4 is 5.32 Å². The first-order chi connectivity index (χ1) is 11.8. The summed E-state index contributed by atoms with van der Waals surface area (Å²) < 4.78 is 38.9. The zero-order chi connectivity index (χ0) is 17.7. The van der Waals surface area contributed by atoms with Gasteiger partial charge in [-0.2, -0.15) is 24.5 Å². The van der Waals surface area contributed by atoms with E-state index in [1.807, 2.05) is 5.38 Å². The molecule has 25 heavy (non-hydrogen) atoms. The van der Waals surface area contributed by atoms with Crippen LogP contribution in [0.15, 0.2) is 16.8 Å². The summed E-state index contributed by atoms with van der Waals surface area (Å²) in [4.78, 5) is 13.7. The van der Waals surface area contributed by atoms with Gasteiger partial charge in [-0.25, -0.2) is 4.79 Å². The Balaban J connectivity index is 1.48. The SMILES string of the molecule is O=C(NC12CC3CC(CC(C3)C1)C2)N(Cc1ccsc1)CC(F)(F)F. The molecule has 138 valence electrons. The number of amides is 2. The highest BCUT2D eigenvalue weighted by Gasteiger charge is 2.52. The highest BCUT2D eigenvalue weighted by Crippen LogP contribution is 2.55. The number of alkyl halides is 3. The molecule has 5 rings (SSSR count). The number of halogens is 3. The number of nitrogens with zero attached hydrogens (tertiary/aromatic N) is 1. The van der Waals surface area contributed by atoms with Gasteiger partial charge in [0.2, 0.25) is 0 Å². The molecule has 4 saturated carbocycles. The van der Waals surface area contributed by atoms with E-state index in [2.05, 4.69) is 5.32 Å². The number of nitrogens with one attached hydrogen (secondary N) is 1. The highest BCUT2D eigenvalue weighted by atomic mass is 32.1. The molecule has 0 aromatic carbocycles. The summed E-state index contributed by atoms with van der Waals surface area (Å²) in [6.07, 6.45) is 2.10. The van der Waals surface area contributed by atoms with Crippen LogP contribution in [0.1, 0.15) is 44.1 Å². The molecule has 0 unspecified atom stereocenters. The van der Waals surface area contributed by atoms with Gasteiger partial charge < -0.3 is 10.2 Å². The number of carbonyl (C=O) groups is 1. The lowest BCUT2D eigenvalue weighted by Crippen LogP contribution is -2.62. The molecule has 0 saturated heterocycles. The number of rotatable bonds is 4. The van der Waals surface area contributed by atoms with Crippen molar-refractivity contribution in [1.82, 2.24) is 10.2 Å². The summed E-state index contributed by atoms with van der Waals surface area (Å²) in [7, 11) is 0. The molecule has 4 fully saturated rings. The van der Waals surface area contributed by atoms with Crippen LogP contribution in [0.3, 0.4) is 0 Å². The third kappa shape index (κ3) is 3.81. The van der Waals surface area contributed by atoms with Crippen LogP contribution in [0, 0.1) is 17.8 Å². The Morgan fingerprint density at radius 3 is 2.28 bits per heavy atom. The van der Waals surface area contributed by atoms with Crippen LogP contribution in [0.2, 0.25) is 0 Å². The first-order valence-corrected chi connectivity index (χ1v) is 9.89. The second kappa shape index (κ2) is 6.18. The largest absolute Gasteiger partial charge is 0.406 e. The molecule has 2 amide bonds. The molecule has 4 bridgehead atoms. The Hall–Kier alpha value is -1.24. The van der Waals surface area contributed by atoms with Gasteiger partial charge in [-0.3, -0.25) is 0 Å². The lowest BCUT2D eigenvalue weighted by Gasteiger charge is -2.57. The zero-order valence-electron chi connectivity index (χ0n) is 14.0. The van der Waals surface area contributed by atoms with Crippen molar-refractivity contribution in [3.8, 4) is 0 Å². The average molecular weight is 372 g/mol. The molecule has 1 aromatic rings. The summed E-state index contributed by atoms with van der Waals surface area (Å²) in [5.41, 5.74) is 0.472. The van der Waals surface area contributed by atoms with E-state index >= 15 is 0 Å². The molecular weight excluding hydrogens is 349 g/mol. The predicted octanol–water partition coefficient (Wildman–Crippen LogP) is 4.79. The van der Waals surface area contributed by atoms with Crippen molar-refractivity contribution < 1.29 is 18.0 Å². The van der Waals surface area contributed by atoms with Crippen molar-refractivity contribution in [2.75, 3.05) is 6.54 Å². The maximum atomic E-state index is 13.0. The fourth-order valence-corrected chi connectivity index (χ4v) is 6.25. The number of hydrogen-bond acceptors (Lipinski definition) is 2. The summed E-state index contributed by atoms with van der Waals surface area (Å²) >= 11 is 1.43. The van der Waals surface area contributed by atoms with E-state index in [1.54, 1.807) is 11.4 Å². The fraction of sp³-hybridized carbons (Fsp3) is 0.722. The second-order valence-electron chi connectivity index (χ2n) is 8.23. The molecule has 0 radical (unpaired) electrons. The van der Waals surface area contributed by atoms with E-state index in [-0.39, 0.29) is 12.1 Å². The van der Waals surface area contributed by atoms with Gasteiger partial charge in [0, 0.05) is 12.1 Å². The van der Waals surface area contributed by atoms with Gasteiger partial charge in [-0.05, 0) is 78.7 Å². The Morgan fingerprint density at radius 1 is 1.20 bits per heavy atom. The van der Waals surface area contributed by atoms with Gasteiger partial charge in [0.25, 0.3) is 0 Å². The van der Waals surface area contributed by atoms with Crippen LogP contribution in [0.4, 0.5) is 18.0 Å². The first-order valence-electron chi connectivity index (χ1n) is 8.95. The van der Waals surface area contributed by atoms with Gasteiger partial charge in [-0.15, -0.1) is 0 Å². The molecule has 7 heteroatoms. The minimum absolute atomic E-state index is 0.00120. The highest BCUT2D eigenvalue weighted by molar-refractivity contribution is 7.07. The Kier molecular flexibility index (Phi) is 4.25. The monoisotopic (exact) mass is 372 g/mol. The Bertz CT molecular complexity index is 593. The van der Waals surface area contributed by atoms with Gasteiger partial charge in [-0.1, -0.05) is 0 Å². The van der Waals surface area contributed by atoms with Crippen molar-refractivity contribution in [3.05, 3.63) is 22.4 Å². The predicted molar refractivity (Wildman–Crippen MR) is 90.2 cm³/mol.